The maximum Gasteiger partial charge on any atom is 0.318 e. The van der Waals surface area contributed by atoms with Crippen LogP contribution in [0.3, 0.4) is 0 Å². The van der Waals surface area contributed by atoms with Gasteiger partial charge in [0.25, 0.3) is 0 Å². The molecule has 130 valence electrons. The average molecular weight is 409 g/mol. The van der Waals surface area contributed by atoms with Gasteiger partial charge in [0.15, 0.2) is 12.4 Å². The van der Waals surface area contributed by atoms with E-state index in [1.807, 2.05) is 66.7 Å². The van der Waals surface area contributed by atoms with Crippen LogP contribution in [0, 0.1) is 0 Å². The summed E-state index contributed by atoms with van der Waals surface area (Å²) in [5, 5.41) is 0. The van der Waals surface area contributed by atoms with Gasteiger partial charge < -0.3 is 4.74 Å². The van der Waals surface area contributed by atoms with Crippen LogP contribution in [0.15, 0.2) is 89.4 Å². The second-order valence-corrected chi connectivity index (χ2v) is 6.71. The fourth-order valence-electron chi connectivity index (χ4n) is 2.72. The number of carbonyl (C=O) groups is 2. The van der Waals surface area contributed by atoms with E-state index in [0.717, 1.165) is 15.6 Å². The molecule has 0 aliphatic carbocycles. The smallest absolute Gasteiger partial charge is 0.318 e. The minimum absolute atomic E-state index is 0.237. The second kappa shape index (κ2) is 8.59. The first-order valence-corrected chi connectivity index (χ1v) is 9.00. The van der Waals surface area contributed by atoms with Crippen molar-refractivity contribution in [1.29, 1.82) is 0 Å². The normalized spacial score (nSPS) is 10.5. The summed E-state index contributed by atoms with van der Waals surface area (Å²) >= 11 is 3.33. The molecular weight excluding hydrogens is 392 g/mol. The molecule has 0 amide bonds. The molecule has 3 aromatic rings. The molecule has 0 aliphatic heterocycles. The van der Waals surface area contributed by atoms with Crippen molar-refractivity contribution in [2.24, 2.45) is 0 Å². The zero-order chi connectivity index (χ0) is 18.4. The Hall–Kier alpha value is -2.72. The molecule has 0 aliphatic rings. The minimum atomic E-state index is -0.562. The Morgan fingerprint density at radius 2 is 1.38 bits per heavy atom. The third-order valence-corrected chi connectivity index (χ3v) is 4.49. The van der Waals surface area contributed by atoms with Gasteiger partial charge in [-0.25, -0.2) is 0 Å². The molecule has 3 aromatic carbocycles. The van der Waals surface area contributed by atoms with E-state index in [0.29, 0.717) is 5.56 Å². The molecule has 26 heavy (non-hydrogen) atoms. The molecule has 0 unspecified atom stereocenters. The Labute approximate surface area is 160 Å². The fraction of sp³-hybridized carbons (Fsp3) is 0.0909. The van der Waals surface area contributed by atoms with Crippen molar-refractivity contribution in [2.75, 3.05) is 6.61 Å². The van der Waals surface area contributed by atoms with Crippen molar-refractivity contribution in [1.82, 2.24) is 0 Å². The Kier molecular flexibility index (Phi) is 5.97. The maximum atomic E-state index is 12.8. The van der Waals surface area contributed by atoms with Gasteiger partial charge in [0, 0.05) is 10.0 Å². The molecule has 0 N–H and O–H groups in total. The predicted octanol–water partition coefficient (Wildman–Crippen LogP) is 5.01. The standard InChI is InChI=1S/C22H17BrO3/c23-19-13-7-12-18(14-19)20(24)15-26-22(25)21(16-8-3-1-4-9-16)17-10-5-2-6-11-17/h1-14,21H,15H2. The number of halogens is 1. The van der Waals surface area contributed by atoms with Crippen molar-refractivity contribution in [3.63, 3.8) is 0 Å². The Morgan fingerprint density at radius 3 is 1.92 bits per heavy atom. The largest absolute Gasteiger partial charge is 0.457 e. The molecule has 0 spiro atoms. The number of carbonyl (C=O) groups excluding carboxylic acids is 2. The summed E-state index contributed by atoms with van der Waals surface area (Å²) in [5.74, 6) is -1.24. The maximum absolute atomic E-state index is 12.8. The molecule has 0 fully saturated rings. The van der Waals surface area contributed by atoms with Crippen molar-refractivity contribution in [2.45, 2.75) is 5.92 Å². The summed E-state index contributed by atoms with van der Waals surface area (Å²) in [4.78, 5) is 25.1. The van der Waals surface area contributed by atoms with E-state index in [-0.39, 0.29) is 12.4 Å². The van der Waals surface area contributed by atoms with Crippen LogP contribution in [0.1, 0.15) is 27.4 Å². The van der Waals surface area contributed by atoms with E-state index in [1.54, 1.807) is 18.2 Å². The lowest BCUT2D eigenvalue weighted by molar-refractivity contribution is -0.143. The third kappa shape index (κ3) is 4.46. The van der Waals surface area contributed by atoms with Gasteiger partial charge >= 0.3 is 5.97 Å². The van der Waals surface area contributed by atoms with E-state index in [4.69, 9.17) is 4.74 Å². The molecule has 4 heteroatoms. The molecule has 0 bridgehead atoms. The van der Waals surface area contributed by atoms with Crippen molar-refractivity contribution >= 4 is 27.7 Å². The first-order chi connectivity index (χ1) is 12.6. The van der Waals surface area contributed by atoms with Gasteiger partial charge in [0.05, 0.1) is 0 Å². The van der Waals surface area contributed by atoms with Gasteiger partial charge in [-0.15, -0.1) is 0 Å². The van der Waals surface area contributed by atoms with Crippen LogP contribution in [0.4, 0.5) is 0 Å². The molecule has 0 radical (unpaired) electrons. The predicted molar refractivity (Wildman–Crippen MR) is 104 cm³/mol. The summed E-state index contributed by atoms with van der Waals surface area (Å²) in [6.45, 7) is -0.286. The molecular formula is C22H17BrO3. The lowest BCUT2D eigenvalue weighted by Crippen LogP contribution is -2.21. The number of esters is 1. The molecule has 0 atom stereocenters. The van der Waals surface area contributed by atoms with E-state index in [2.05, 4.69) is 15.9 Å². The number of ether oxygens (including phenoxy) is 1. The number of ketones is 1. The number of benzene rings is 3. The molecule has 0 saturated heterocycles. The second-order valence-electron chi connectivity index (χ2n) is 5.80. The Morgan fingerprint density at radius 1 is 0.808 bits per heavy atom. The molecule has 3 nitrogen and oxygen atoms in total. The molecule has 3 rings (SSSR count). The van der Waals surface area contributed by atoms with Gasteiger partial charge in [0.1, 0.15) is 5.92 Å². The first-order valence-electron chi connectivity index (χ1n) is 8.20. The Bertz CT molecular complexity index is 852. The number of rotatable bonds is 6. The van der Waals surface area contributed by atoms with Crippen molar-refractivity contribution in [3.05, 3.63) is 106 Å². The average Bonchev–Trinajstić information content (AvgIpc) is 2.68. The lowest BCUT2D eigenvalue weighted by Gasteiger charge is -2.17. The highest BCUT2D eigenvalue weighted by atomic mass is 79.9. The first kappa shape index (κ1) is 18.1. The highest BCUT2D eigenvalue weighted by Crippen LogP contribution is 2.26. The van der Waals surface area contributed by atoms with Crippen LogP contribution in [-0.2, 0) is 9.53 Å². The molecule has 0 saturated carbocycles. The van der Waals surface area contributed by atoms with Gasteiger partial charge in [-0.1, -0.05) is 88.7 Å². The van der Waals surface area contributed by atoms with Crippen molar-refractivity contribution < 1.29 is 14.3 Å². The van der Waals surface area contributed by atoms with Crippen LogP contribution in [-0.4, -0.2) is 18.4 Å². The summed E-state index contributed by atoms with van der Waals surface area (Å²) < 4.78 is 6.17. The van der Waals surface area contributed by atoms with Crippen molar-refractivity contribution in [3.8, 4) is 0 Å². The van der Waals surface area contributed by atoms with Crippen LogP contribution >= 0.6 is 15.9 Å². The topological polar surface area (TPSA) is 43.4 Å². The zero-order valence-electron chi connectivity index (χ0n) is 14.0. The number of Topliss-reactive ketones (excluding diaryl/α,β-unsaturated/α-hetero) is 1. The number of hydrogen-bond donors (Lipinski definition) is 0. The van der Waals surface area contributed by atoms with Gasteiger partial charge in [-0.05, 0) is 23.3 Å². The quantitative estimate of drug-likeness (QED) is 0.425. The summed E-state index contributed by atoms with van der Waals surface area (Å²) in [6.07, 6.45) is 0. The van der Waals surface area contributed by atoms with E-state index < -0.39 is 11.9 Å². The van der Waals surface area contributed by atoms with E-state index in [1.165, 1.54) is 0 Å². The zero-order valence-corrected chi connectivity index (χ0v) is 15.6. The highest BCUT2D eigenvalue weighted by Gasteiger charge is 2.25. The van der Waals surface area contributed by atoms with Crippen LogP contribution in [0.25, 0.3) is 0 Å². The highest BCUT2D eigenvalue weighted by molar-refractivity contribution is 9.10. The molecule has 0 aromatic heterocycles. The van der Waals surface area contributed by atoms with Crippen LogP contribution < -0.4 is 0 Å². The lowest BCUT2D eigenvalue weighted by atomic mass is 9.91. The summed E-state index contributed by atoms with van der Waals surface area (Å²) in [7, 11) is 0. The fourth-order valence-corrected chi connectivity index (χ4v) is 3.12. The SMILES string of the molecule is O=C(COC(=O)C(c1ccccc1)c1ccccc1)c1cccc(Br)c1. The van der Waals surface area contributed by atoms with E-state index in [9.17, 15) is 9.59 Å². The van der Waals surface area contributed by atoms with Crippen LogP contribution in [0.5, 0.6) is 0 Å². The third-order valence-electron chi connectivity index (χ3n) is 3.99. The summed E-state index contributed by atoms with van der Waals surface area (Å²) in [5.41, 5.74) is 2.17. The molecule has 0 heterocycles. The van der Waals surface area contributed by atoms with E-state index >= 15 is 0 Å². The monoisotopic (exact) mass is 408 g/mol. The van der Waals surface area contributed by atoms with Crippen LogP contribution in [0.2, 0.25) is 0 Å². The minimum Gasteiger partial charge on any atom is -0.457 e. The Balaban J connectivity index is 1.77. The van der Waals surface area contributed by atoms with Gasteiger partial charge in [-0.3, -0.25) is 9.59 Å². The summed E-state index contributed by atoms with van der Waals surface area (Å²) in [6, 6.07) is 25.9. The number of hydrogen-bond acceptors (Lipinski definition) is 3. The van der Waals surface area contributed by atoms with Gasteiger partial charge in [-0.2, -0.15) is 0 Å². The van der Waals surface area contributed by atoms with Gasteiger partial charge in [0.2, 0.25) is 0 Å².